The number of likely N-dealkylation sites (N-methyl/N-ethyl adjacent to an activating group) is 2. The Bertz CT molecular complexity index is 987. The van der Waals surface area contributed by atoms with Crippen LogP contribution >= 0.6 is 0 Å². The molecule has 2 aliphatic rings. The van der Waals surface area contributed by atoms with Gasteiger partial charge in [-0.2, -0.15) is 4.31 Å². The molecule has 0 bridgehead atoms. The smallest absolute Gasteiger partial charge is 0.248 e. The maximum atomic E-state index is 13.2. The molecular formula is C27H46N4O5S. The van der Waals surface area contributed by atoms with E-state index in [1.165, 1.54) is 23.6 Å². The van der Waals surface area contributed by atoms with Crippen LogP contribution in [0, 0.1) is 13.8 Å². The average Bonchev–Trinajstić information content (AvgIpc) is 3.12. The molecule has 10 heteroatoms. The van der Waals surface area contributed by atoms with Gasteiger partial charge in [-0.05, 0) is 89.5 Å². The molecule has 9 nitrogen and oxygen atoms in total. The third-order valence-electron chi connectivity index (χ3n) is 7.94. The summed E-state index contributed by atoms with van der Waals surface area (Å²) < 4.78 is 38.5. The molecule has 210 valence electrons. The van der Waals surface area contributed by atoms with Crippen LogP contribution in [0.3, 0.4) is 0 Å². The van der Waals surface area contributed by atoms with Crippen molar-refractivity contribution in [3.63, 3.8) is 0 Å². The van der Waals surface area contributed by atoms with Gasteiger partial charge in [0.25, 0.3) is 0 Å². The number of rotatable bonds is 10. The largest absolute Gasteiger partial charge is 0.497 e. The predicted molar refractivity (Wildman–Crippen MR) is 146 cm³/mol. The van der Waals surface area contributed by atoms with Gasteiger partial charge in [0.1, 0.15) is 12.4 Å². The first-order valence-electron chi connectivity index (χ1n) is 13.4. The second-order valence-corrected chi connectivity index (χ2v) is 12.6. The molecule has 1 unspecified atom stereocenters. The molecule has 1 atom stereocenters. The molecule has 0 aromatic heterocycles. The lowest BCUT2D eigenvalue weighted by Crippen LogP contribution is -2.50. The molecule has 1 amide bonds. The van der Waals surface area contributed by atoms with Gasteiger partial charge >= 0.3 is 0 Å². The van der Waals surface area contributed by atoms with E-state index in [-0.39, 0.29) is 36.6 Å². The Morgan fingerprint density at radius 2 is 1.70 bits per heavy atom. The van der Waals surface area contributed by atoms with Gasteiger partial charge in [0, 0.05) is 39.3 Å². The lowest BCUT2D eigenvalue weighted by molar-refractivity contribution is -0.137. The van der Waals surface area contributed by atoms with Crippen LogP contribution in [0.2, 0.25) is 0 Å². The number of likely N-dealkylation sites (tertiary alicyclic amines) is 2. The molecule has 0 spiro atoms. The zero-order chi connectivity index (χ0) is 27.2. The van der Waals surface area contributed by atoms with Crippen molar-refractivity contribution in [2.24, 2.45) is 0 Å². The van der Waals surface area contributed by atoms with Crippen molar-refractivity contribution in [3.8, 4) is 5.75 Å². The zero-order valence-corrected chi connectivity index (χ0v) is 24.3. The molecule has 0 aliphatic carbocycles. The Hall–Kier alpha value is -1.72. The highest BCUT2D eigenvalue weighted by molar-refractivity contribution is 7.89. The number of methoxy groups -OCH3 is 1. The quantitative estimate of drug-likeness (QED) is 0.423. The molecular weight excluding hydrogens is 492 g/mol. The molecule has 0 radical (unpaired) electrons. The minimum atomic E-state index is -3.69. The van der Waals surface area contributed by atoms with Crippen molar-refractivity contribution >= 4 is 15.9 Å². The lowest BCUT2D eigenvalue weighted by atomic mass is 10.0. The fourth-order valence-corrected chi connectivity index (χ4v) is 7.08. The minimum absolute atomic E-state index is 0.0459. The van der Waals surface area contributed by atoms with E-state index >= 15 is 0 Å². The Labute approximate surface area is 223 Å². The third kappa shape index (κ3) is 7.66. The van der Waals surface area contributed by atoms with E-state index in [0.29, 0.717) is 22.9 Å². The van der Waals surface area contributed by atoms with Crippen molar-refractivity contribution in [2.75, 3.05) is 74.2 Å². The molecule has 1 aromatic rings. The highest BCUT2D eigenvalue weighted by atomic mass is 32.2. The summed E-state index contributed by atoms with van der Waals surface area (Å²) >= 11 is 0. The van der Waals surface area contributed by atoms with Crippen molar-refractivity contribution in [1.29, 1.82) is 0 Å². The topological polar surface area (TPSA) is 82.6 Å². The first-order valence-corrected chi connectivity index (χ1v) is 14.9. The van der Waals surface area contributed by atoms with E-state index < -0.39 is 10.0 Å². The summed E-state index contributed by atoms with van der Waals surface area (Å²) in [6.07, 6.45) is 5.69. The van der Waals surface area contributed by atoms with E-state index in [0.717, 1.165) is 39.0 Å². The number of sulfonamides is 1. The van der Waals surface area contributed by atoms with Gasteiger partial charge in [-0.1, -0.05) is 6.42 Å². The van der Waals surface area contributed by atoms with Crippen LogP contribution in [0.4, 0.5) is 0 Å². The van der Waals surface area contributed by atoms with Crippen LogP contribution in [0.15, 0.2) is 17.0 Å². The second-order valence-electron chi connectivity index (χ2n) is 10.7. The van der Waals surface area contributed by atoms with Gasteiger partial charge in [0.05, 0.1) is 18.6 Å². The zero-order valence-electron chi connectivity index (χ0n) is 23.5. The summed E-state index contributed by atoms with van der Waals surface area (Å²) in [6, 6.07) is 4.23. The molecule has 2 fully saturated rings. The lowest BCUT2D eigenvalue weighted by Gasteiger charge is -2.39. The number of ether oxygens (including phenoxy) is 2. The van der Waals surface area contributed by atoms with Crippen LogP contribution in [0.1, 0.15) is 43.2 Å². The summed E-state index contributed by atoms with van der Waals surface area (Å²) in [5.41, 5.74) is 1.28. The van der Waals surface area contributed by atoms with Crippen LogP contribution < -0.4 is 4.74 Å². The number of amides is 1. The monoisotopic (exact) mass is 538 g/mol. The van der Waals surface area contributed by atoms with Gasteiger partial charge < -0.3 is 19.3 Å². The Balaban J connectivity index is 1.49. The van der Waals surface area contributed by atoms with Gasteiger partial charge in [-0.25, -0.2) is 8.42 Å². The van der Waals surface area contributed by atoms with E-state index in [2.05, 4.69) is 16.8 Å². The van der Waals surface area contributed by atoms with Crippen molar-refractivity contribution < 1.29 is 22.7 Å². The molecule has 2 aliphatic heterocycles. The van der Waals surface area contributed by atoms with Gasteiger partial charge in [0.2, 0.25) is 15.9 Å². The third-order valence-corrected chi connectivity index (χ3v) is 10.1. The standard InChI is InChI=1S/C27H46N4O5S/c1-21-17-25(35-6)18-22(2)27(21)37(33,34)29(4)15-16-36-20-26(32)30(5)24-9-7-8-12-31(19-24)23-10-13-28(3)14-11-23/h17-18,23-24H,7-16,19-20H2,1-6H3. The molecule has 3 rings (SSSR count). The second kappa shape index (κ2) is 13.4. The number of nitrogens with zero attached hydrogens (tertiary/aromatic N) is 4. The number of piperidine rings is 1. The summed E-state index contributed by atoms with van der Waals surface area (Å²) in [7, 11) is 3.47. The summed E-state index contributed by atoms with van der Waals surface area (Å²) in [6.45, 7) is 8.09. The molecule has 0 N–H and O–H groups in total. The average molecular weight is 539 g/mol. The van der Waals surface area contributed by atoms with E-state index in [4.69, 9.17) is 9.47 Å². The van der Waals surface area contributed by atoms with Crippen molar-refractivity contribution in [1.82, 2.24) is 19.0 Å². The number of aryl methyl sites for hydroxylation is 2. The van der Waals surface area contributed by atoms with Crippen molar-refractivity contribution in [3.05, 3.63) is 23.3 Å². The number of carbonyl (C=O) groups is 1. The van der Waals surface area contributed by atoms with E-state index in [9.17, 15) is 13.2 Å². The molecule has 2 heterocycles. The first-order chi connectivity index (χ1) is 17.5. The fraction of sp³-hybridized carbons (Fsp3) is 0.741. The summed E-state index contributed by atoms with van der Waals surface area (Å²) in [5, 5.41) is 0. The molecule has 2 saturated heterocycles. The minimum Gasteiger partial charge on any atom is -0.497 e. The molecule has 0 saturated carbocycles. The van der Waals surface area contributed by atoms with E-state index in [1.54, 1.807) is 40.1 Å². The number of hydrogen-bond donors (Lipinski definition) is 0. The van der Waals surface area contributed by atoms with Gasteiger partial charge in [-0.15, -0.1) is 0 Å². The van der Waals surface area contributed by atoms with Gasteiger partial charge in [-0.3, -0.25) is 9.69 Å². The molecule has 37 heavy (non-hydrogen) atoms. The maximum absolute atomic E-state index is 13.2. The van der Waals surface area contributed by atoms with Gasteiger partial charge in [0.15, 0.2) is 0 Å². The summed E-state index contributed by atoms with van der Waals surface area (Å²) in [5.74, 6) is 0.577. The molecule has 1 aromatic carbocycles. The SMILES string of the molecule is COc1cc(C)c(S(=O)(=O)N(C)CCOCC(=O)N(C)C2CCCCN(C3CCN(C)CC3)C2)c(C)c1. The number of benzene rings is 1. The van der Waals surface area contributed by atoms with E-state index in [1.807, 2.05) is 11.9 Å². The number of hydrogen-bond acceptors (Lipinski definition) is 7. The van der Waals surface area contributed by atoms with Crippen LogP contribution in [0.25, 0.3) is 0 Å². The Kier molecular flexibility index (Phi) is 10.8. The fourth-order valence-electron chi connectivity index (χ4n) is 5.53. The van der Waals surface area contributed by atoms with Crippen molar-refractivity contribution in [2.45, 2.75) is 62.9 Å². The number of carbonyl (C=O) groups excluding carboxylic acids is 1. The summed E-state index contributed by atoms with van der Waals surface area (Å²) in [4.78, 5) is 20.0. The Morgan fingerprint density at radius 1 is 1.05 bits per heavy atom. The van der Waals surface area contributed by atoms with Crippen LogP contribution in [-0.2, 0) is 19.6 Å². The maximum Gasteiger partial charge on any atom is 0.248 e. The Morgan fingerprint density at radius 3 is 2.32 bits per heavy atom. The van der Waals surface area contributed by atoms with Crippen LogP contribution in [0.5, 0.6) is 5.75 Å². The highest BCUT2D eigenvalue weighted by Crippen LogP contribution is 2.28. The first kappa shape index (κ1) is 29.8. The highest BCUT2D eigenvalue weighted by Gasteiger charge is 2.30. The van der Waals surface area contributed by atoms with Crippen LogP contribution in [-0.4, -0.2) is 120 Å². The normalized spacial score (nSPS) is 20.7. The predicted octanol–water partition coefficient (Wildman–Crippen LogP) is 2.36.